The molecule has 0 fully saturated rings. The van der Waals surface area contributed by atoms with Crippen molar-refractivity contribution in [1.82, 2.24) is 5.32 Å². The van der Waals surface area contributed by atoms with E-state index < -0.39 is 10.0 Å². The number of methoxy groups -OCH3 is 1. The van der Waals surface area contributed by atoms with Crippen LogP contribution in [0.15, 0.2) is 82.2 Å². The molecule has 0 saturated heterocycles. The molecule has 0 saturated carbocycles. The van der Waals surface area contributed by atoms with E-state index in [1.165, 1.54) is 24.3 Å². The van der Waals surface area contributed by atoms with Gasteiger partial charge in [0, 0.05) is 16.7 Å². The summed E-state index contributed by atoms with van der Waals surface area (Å²) < 4.78 is 38.9. The third-order valence-electron chi connectivity index (χ3n) is 4.25. The van der Waals surface area contributed by atoms with E-state index in [4.69, 9.17) is 9.47 Å². The van der Waals surface area contributed by atoms with Gasteiger partial charge in [-0.15, -0.1) is 0 Å². The smallest absolute Gasteiger partial charge is 0.261 e. The third kappa shape index (κ3) is 6.73. The van der Waals surface area contributed by atoms with E-state index in [-0.39, 0.29) is 17.4 Å². The molecule has 3 aromatic rings. The van der Waals surface area contributed by atoms with E-state index in [1.54, 1.807) is 31.4 Å². The number of carbonyl (C=O) groups excluding carboxylic acids is 1. The van der Waals surface area contributed by atoms with Gasteiger partial charge in [0.1, 0.15) is 11.5 Å². The fraction of sp³-hybridized carbons (Fsp3) is 0.136. The molecule has 7 nitrogen and oxygen atoms in total. The predicted molar refractivity (Wildman–Crippen MR) is 122 cm³/mol. The van der Waals surface area contributed by atoms with Crippen LogP contribution in [0.5, 0.6) is 11.5 Å². The second-order valence-corrected chi connectivity index (χ2v) is 9.10. The predicted octanol–water partition coefficient (Wildman–Crippen LogP) is 3.95. The topological polar surface area (TPSA) is 93.7 Å². The minimum Gasteiger partial charge on any atom is -0.497 e. The van der Waals surface area contributed by atoms with Gasteiger partial charge in [-0.25, -0.2) is 8.42 Å². The molecule has 0 aromatic heterocycles. The molecular formula is C22H21BrN2O5S. The molecule has 0 unspecified atom stereocenters. The number of rotatable bonds is 9. The Hall–Kier alpha value is -3.04. The van der Waals surface area contributed by atoms with E-state index in [9.17, 15) is 13.2 Å². The van der Waals surface area contributed by atoms with E-state index in [1.807, 2.05) is 24.3 Å². The van der Waals surface area contributed by atoms with Crippen molar-refractivity contribution >= 4 is 37.5 Å². The Kier molecular flexibility index (Phi) is 7.54. The second kappa shape index (κ2) is 10.3. The zero-order chi connectivity index (χ0) is 22.3. The SMILES string of the molecule is COc1ccc(CNC(=O)COc2ccc(S(=O)(=O)Nc3ccc(Br)cc3)cc2)cc1. The number of sulfonamides is 1. The van der Waals surface area contributed by atoms with Crippen LogP contribution in [-0.4, -0.2) is 28.0 Å². The van der Waals surface area contributed by atoms with Crippen molar-refractivity contribution in [2.45, 2.75) is 11.4 Å². The van der Waals surface area contributed by atoms with E-state index in [0.717, 1.165) is 15.8 Å². The number of benzene rings is 3. The van der Waals surface area contributed by atoms with Crippen LogP contribution < -0.4 is 19.5 Å². The number of anilines is 1. The monoisotopic (exact) mass is 504 g/mol. The molecule has 2 N–H and O–H groups in total. The third-order valence-corrected chi connectivity index (χ3v) is 6.18. The second-order valence-electron chi connectivity index (χ2n) is 6.50. The summed E-state index contributed by atoms with van der Waals surface area (Å²) in [6, 6.07) is 20.0. The highest BCUT2D eigenvalue weighted by molar-refractivity contribution is 9.10. The fourth-order valence-corrected chi connectivity index (χ4v) is 3.91. The van der Waals surface area contributed by atoms with Crippen LogP contribution in [0.1, 0.15) is 5.56 Å². The normalized spacial score (nSPS) is 10.9. The Balaban J connectivity index is 1.50. The molecule has 3 aromatic carbocycles. The van der Waals surface area contributed by atoms with E-state index in [2.05, 4.69) is 26.0 Å². The van der Waals surface area contributed by atoms with E-state index >= 15 is 0 Å². The fourth-order valence-electron chi connectivity index (χ4n) is 2.59. The molecule has 3 rings (SSSR count). The highest BCUT2D eigenvalue weighted by Gasteiger charge is 2.14. The zero-order valence-corrected chi connectivity index (χ0v) is 19.1. The maximum absolute atomic E-state index is 12.5. The van der Waals surface area contributed by atoms with Gasteiger partial charge in [0.25, 0.3) is 15.9 Å². The molecule has 0 radical (unpaired) electrons. The Bertz CT molecular complexity index is 1120. The lowest BCUT2D eigenvalue weighted by molar-refractivity contribution is -0.123. The lowest BCUT2D eigenvalue weighted by Crippen LogP contribution is -2.28. The molecule has 0 aliphatic rings. The summed E-state index contributed by atoms with van der Waals surface area (Å²) in [6.45, 7) is 0.185. The Morgan fingerprint density at radius 3 is 2.13 bits per heavy atom. The van der Waals surface area contributed by atoms with Gasteiger partial charge in [0.15, 0.2) is 6.61 Å². The number of carbonyl (C=O) groups is 1. The van der Waals surface area contributed by atoms with Crippen molar-refractivity contribution in [3.05, 3.63) is 82.8 Å². The van der Waals surface area contributed by atoms with Gasteiger partial charge >= 0.3 is 0 Å². The molecule has 1 amide bonds. The first kappa shape index (κ1) is 22.6. The average molecular weight is 505 g/mol. The van der Waals surface area contributed by atoms with Crippen LogP contribution in [0.4, 0.5) is 5.69 Å². The number of hydrogen-bond acceptors (Lipinski definition) is 5. The summed E-state index contributed by atoms with van der Waals surface area (Å²) in [5, 5.41) is 2.76. The van der Waals surface area contributed by atoms with Gasteiger partial charge in [-0.05, 0) is 66.2 Å². The molecule has 9 heteroatoms. The van der Waals surface area contributed by atoms with Crippen molar-refractivity contribution in [3.63, 3.8) is 0 Å². The van der Waals surface area contributed by atoms with Crippen LogP contribution in [0.3, 0.4) is 0 Å². The summed E-state index contributed by atoms with van der Waals surface area (Å²) in [6.07, 6.45) is 0. The summed E-state index contributed by atoms with van der Waals surface area (Å²) in [4.78, 5) is 12.1. The quantitative estimate of drug-likeness (QED) is 0.460. The zero-order valence-electron chi connectivity index (χ0n) is 16.7. The van der Waals surface area contributed by atoms with Crippen molar-refractivity contribution in [3.8, 4) is 11.5 Å². The van der Waals surface area contributed by atoms with Crippen LogP contribution in [0.25, 0.3) is 0 Å². The maximum atomic E-state index is 12.5. The van der Waals surface area contributed by atoms with Gasteiger partial charge in [-0.2, -0.15) is 0 Å². The summed E-state index contributed by atoms with van der Waals surface area (Å²) >= 11 is 3.31. The minimum absolute atomic E-state index is 0.0896. The van der Waals surface area contributed by atoms with Crippen LogP contribution in [0.2, 0.25) is 0 Å². The minimum atomic E-state index is -3.73. The van der Waals surface area contributed by atoms with Gasteiger partial charge < -0.3 is 14.8 Å². The molecule has 31 heavy (non-hydrogen) atoms. The van der Waals surface area contributed by atoms with Crippen molar-refractivity contribution in [2.24, 2.45) is 0 Å². The molecular weight excluding hydrogens is 484 g/mol. The molecule has 0 aliphatic heterocycles. The molecule has 0 aliphatic carbocycles. The molecule has 0 spiro atoms. The average Bonchev–Trinajstić information content (AvgIpc) is 2.78. The Labute approximate surface area is 189 Å². The first-order chi connectivity index (χ1) is 14.9. The first-order valence-electron chi connectivity index (χ1n) is 9.26. The van der Waals surface area contributed by atoms with Gasteiger partial charge in [-0.3, -0.25) is 9.52 Å². The standard InChI is InChI=1S/C22H21BrN2O5S/c1-29-19-8-2-16(3-9-19)14-24-22(26)15-30-20-10-12-21(13-11-20)31(27,28)25-18-6-4-17(23)5-7-18/h2-13,25H,14-15H2,1H3,(H,24,26). The van der Waals surface area contributed by atoms with Gasteiger partial charge in [0.2, 0.25) is 0 Å². The van der Waals surface area contributed by atoms with Gasteiger partial charge in [0.05, 0.1) is 12.0 Å². The van der Waals surface area contributed by atoms with Crippen LogP contribution in [-0.2, 0) is 21.4 Å². The number of amides is 1. The van der Waals surface area contributed by atoms with Gasteiger partial charge in [-0.1, -0.05) is 28.1 Å². The molecule has 0 heterocycles. The summed E-state index contributed by atoms with van der Waals surface area (Å²) in [5.41, 5.74) is 1.39. The van der Waals surface area contributed by atoms with Crippen molar-refractivity contribution in [2.75, 3.05) is 18.4 Å². The van der Waals surface area contributed by atoms with Crippen LogP contribution >= 0.6 is 15.9 Å². The highest BCUT2D eigenvalue weighted by atomic mass is 79.9. The first-order valence-corrected chi connectivity index (χ1v) is 11.5. The Morgan fingerprint density at radius 1 is 0.903 bits per heavy atom. The summed E-state index contributed by atoms with van der Waals surface area (Å²) in [5.74, 6) is 0.850. The van der Waals surface area contributed by atoms with Crippen molar-refractivity contribution in [1.29, 1.82) is 0 Å². The van der Waals surface area contributed by atoms with Crippen LogP contribution in [0, 0.1) is 0 Å². The highest BCUT2D eigenvalue weighted by Crippen LogP contribution is 2.21. The molecule has 162 valence electrons. The lowest BCUT2D eigenvalue weighted by atomic mass is 10.2. The lowest BCUT2D eigenvalue weighted by Gasteiger charge is -2.10. The number of halogens is 1. The van der Waals surface area contributed by atoms with Crippen molar-refractivity contribution < 1.29 is 22.7 Å². The number of hydrogen-bond donors (Lipinski definition) is 2. The summed E-state index contributed by atoms with van der Waals surface area (Å²) in [7, 11) is -2.14. The molecule has 0 bridgehead atoms. The number of ether oxygens (including phenoxy) is 2. The maximum Gasteiger partial charge on any atom is 0.261 e. The Morgan fingerprint density at radius 2 is 1.52 bits per heavy atom. The van der Waals surface area contributed by atoms with E-state index in [0.29, 0.717) is 18.0 Å². The number of nitrogens with one attached hydrogen (secondary N) is 2. The molecule has 0 atom stereocenters. The largest absolute Gasteiger partial charge is 0.497 e.